The minimum absolute atomic E-state index is 0.239. The number of nitrogens with zero attached hydrogens (tertiary/aromatic N) is 1. The number of furan rings is 1. The van der Waals surface area contributed by atoms with Crippen molar-refractivity contribution in [2.24, 2.45) is 0 Å². The summed E-state index contributed by atoms with van der Waals surface area (Å²) in [6.45, 7) is 1.87. The lowest BCUT2D eigenvalue weighted by molar-refractivity contribution is 0.0995. The lowest BCUT2D eigenvalue weighted by Gasteiger charge is -1.97. The van der Waals surface area contributed by atoms with E-state index in [4.69, 9.17) is 16.0 Å². The number of nitrogens with one attached hydrogen (secondary N) is 1. The van der Waals surface area contributed by atoms with Gasteiger partial charge in [0.2, 0.25) is 0 Å². The Kier molecular flexibility index (Phi) is 3.26. The lowest BCUT2D eigenvalue weighted by Crippen LogP contribution is -2.10. The largest absolute Gasteiger partial charge is 0.455 e. The van der Waals surface area contributed by atoms with E-state index < -0.39 is 0 Å². The van der Waals surface area contributed by atoms with Crippen LogP contribution in [0.15, 0.2) is 21.9 Å². The monoisotopic (exact) mass is 256 g/mol. The van der Waals surface area contributed by atoms with Crippen molar-refractivity contribution >= 4 is 34.0 Å². The van der Waals surface area contributed by atoms with Crippen molar-refractivity contribution in [1.29, 1.82) is 0 Å². The molecule has 6 heteroatoms. The summed E-state index contributed by atoms with van der Waals surface area (Å²) in [7, 11) is 0. The maximum absolute atomic E-state index is 11.7. The van der Waals surface area contributed by atoms with Crippen LogP contribution >= 0.6 is 22.9 Å². The number of aryl methyl sites for hydroxylation is 1. The zero-order valence-corrected chi connectivity index (χ0v) is 10.1. The van der Waals surface area contributed by atoms with Gasteiger partial charge in [0, 0.05) is 5.38 Å². The molecule has 0 radical (unpaired) electrons. The van der Waals surface area contributed by atoms with Gasteiger partial charge in [-0.05, 0) is 19.1 Å². The van der Waals surface area contributed by atoms with Crippen LogP contribution in [-0.4, -0.2) is 10.9 Å². The zero-order chi connectivity index (χ0) is 11.5. The second-order valence-electron chi connectivity index (χ2n) is 3.15. The third-order valence-corrected chi connectivity index (χ3v) is 3.00. The Morgan fingerprint density at radius 2 is 2.44 bits per heavy atom. The Morgan fingerprint density at radius 1 is 1.62 bits per heavy atom. The average Bonchev–Trinajstić information content (AvgIpc) is 2.87. The summed E-state index contributed by atoms with van der Waals surface area (Å²) in [5.74, 6) is 0.750. The molecule has 0 saturated heterocycles. The highest BCUT2D eigenvalue weighted by atomic mass is 35.5. The average molecular weight is 257 g/mol. The number of aromatic nitrogens is 1. The van der Waals surface area contributed by atoms with Crippen LogP contribution in [0.3, 0.4) is 0 Å². The van der Waals surface area contributed by atoms with Gasteiger partial charge in [-0.2, -0.15) is 0 Å². The zero-order valence-electron chi connectivity index (χ0n) is 8.49. The molecule has 1 amide bonds. The summed E-state index contributed by atoms with van der Waals surface area (Å²) >= 11 is 6.95. The van der Waals surface area contributed by atoms with Crippen molar-refractivity contribution in [3.8, 4) is 0 Å². The van der Waals surface area contributed by atoms with Gasteiger partial charge < -0.3 is 4.42 Å². The fourth-order valence-electron chi connectivity index (χ4n) is 1.14. The van der Waals surface area contributed by atoms with E-state index in [2.05, 4.69) is 10.3 Å². The summed E-state index contributed by atoms with van der Waals surface area (Å²) in [6, 6.07) is 3.27. The van der Waals surface area contributed by atoms with E-state index in [9.17, 15) is 4.79 Å². The molecule has 4 nitrogen and oxygen atoms in total. The topological polar surface area (TPSA) is 55.1 Å². The number of alkyl halides is 1. The van der Waals surface area contributed by atoms with Gasteiger partial charge in [0.05, 0.1) is 11.6 Å². The Morgan fingerprint density at radius 3 is 3.00 bits per heavy atom. The second-order valence-corrected chi connectivity index (χ2v) is 4.27. The van der Waals surface area contributed by atoms with Gasteiger partial charge in [-0.1, -0.05) is 0 Å². The molecule has 0 bridgehead atoms. The maximum Gasteiger partial charge on any atom is 0.293 e. The molecule has 0 fully saturated rings. The number of rotatable bonds is 3. The molecule has 0 spiro atoms. The first-order valence-electron chi connectivity index (χ1n) is 4.57. The van der Waals surface area contributed by atoms with Crippen LogP contribution in [-0.2, 0) is 5.88 Å². The van der Waals surface area contributed by atoms with E-state index in [-0.39, 0.29) is 17.5 Å². The third-order valence-electron chi connectivity index (χ3n) is 1.86. The molecule has 0 aliphatic rings. The van der Waals surface area contributed by atoms with Gasteiger partial charge in [0.15, 0.2) is 10.9 Å². The van der Waals surface area contributed by atoms with Crippen molar-refractivity contribution in [2.45, 2.75) is 12.8 Å². The molecule has 0 aliphatic heterocycles. The van der Waals surface area contributed by atoms with Gasteiger partial charge >= 0.3 is 0 Å². The van der Waals surface area contributed by atoms with E-state index in [0.29, 0.717) is 10.9 Å². The summed E-state index contributed by atoms with van der Waals surface area (Å²) in [5.41, 5.74) is 0.876. The Hall–Kier alpha value is -1.33. The number of hydrogen-bond acceptors (Lipinski definition) is 4. The van der Waals surface area contributed by atoms with Crippen molar-refractivity contribution in [2.75, 3.05) is 5.32 Å². The maximum atomic E-state index is 11.7. The molecule has 16 heavy (non-hydrogen) atoms. The molecule has 0 aromatic carbocycles. The summed E-state index contributed by atoms with van der Waals surface area (Å²) < 4.78 is 5.21. The minimum atomic E-state index is -0.314. The molecule has 0 saturated carbocycles. The van der Waals surface area contributed by atoms with E-state index in [1.807, 2.05) is 12.3 Å². The molecule has 0 aliphatic carbocycles. The highest BCUT2D eigenvalue weighted by Crippen LogP contribution is 2.17. The second kappa shape index (κ2) is 4.67. The first-order valence-corrected chi connectivity index (χ1v) is 5.98. The Labute approximate surface area is 101 Å². The lowest BCUT2D eigenvalue weighted by atomic mass is 10.4. The van der Waals surface area contributed by atoms with E-state index in [1.54, 1.807) is 12.1 Å². The molecule has 0 unspecified atom stereocenters. The van der Waals surface area contributed by atoms with Crippen LogP contribution < -0.4 is 5.32 Å². The Bertz CT molecular complexity index is 506. The third kappa shape index (κ3) is 2.43. The predicted molar refractivity (Wildman–Crippen MR) is 63.1 cm³/mol. The summed E-state index contributed by atoms with van der Waals surface area (Å²) in [6.07, 6.45) is 0. The van der Waals surface area contributed by atoms with Crippen molar-refractivity contribution < 1.29 is 9.21 Å². The van der Waals surface area contributed by atoms with Gasteiger partial charge in [0.1, 0.15) is 5.76 Å². The Balaban J connectivity index is 2.08. The molecule has 2 aromatic rings. The van der Waals surface area contributed by atoms with Gasteiger partial charge in [-0.25, -0.2) is 4.98 Å². The van der Waals surface area contributed by atoms with Crippen LogP contribution in [0.1, 0.15) is 22.0 Å². The van der Waals surface area contributed by atoms with Crippen LogP contribution in [0, 0.1) is 6.92 Å². The SMILES string of the molecule is Cc1csc(NC(=O)c2ccc(CCl)o2)n1. The van der Waals surface area contributed by atoms with Crippen molar-refractivity contribution in [3.05, 3.63) is 34.7 Å². The predicted octanol–water partition coefficient (Wildman–Crippen LogP) is 3.04. The van der Waals surface area contributed by atoms with E-state index >= 15 is 0 Å². The molecule has 2 heterocycles. The molecule has 2 aromatic heterocycles. The smallest absolute Gasteiger partial charge is 0.293 e. The van der Waals surface area contributed by atoms with Gasteiger partial charge in [0.25, 0.3) is 5.91 Å². The van der Waals surface area contributed by atoms with Gasteiger partial charge in [-0.3, -0.25) is 10.1 Å². The summed E-state index contributed by atoms with van der Waals surface area (Å²) in [4.78, 5) is 15.8. The first kappa shape index (κ1) is 11.2. The van der Waals surface area contributed by atoms with Crippen molar-refractivity contribution in [3.63, 3.8) is 0 Å². The van der Waals surface area contributed by atoms with Crippen molar-refractivity contribution in [1.82, 2.24) is 4.98 Å². The van der Waals surface area contributed by atoms with Crippen LogP contribution in [0.5, 0.6) is 0 Å². The van der Waals surface area contributed by atoms with Crippen LogP contribution in [0.2, 0.25) is 0 Å². The van der Waals surface area contributed by atoms with E-state index in [1.165, 1.54) is 11.3 Å². The van der Waals surface area contributed by atoms with E-state index in [0.717, 1.165) is 5.69 Å². The van der Waals surface area contributed by atoms with Gasteiger partial charge in [-0.15, -0.1) is 22.9 Å². The number of anilines is 1. The summed E-state index contributed by atoms with van der Waals surface area (Å²) in [5, 5.41) is 5.07. The quantitative estimate of drug-likeness (QED) is 0.859. The fourth-order valence-corrected chi connectivity index (χ4v) is 1.97. The number of carbonyl (C=O) groups excluding carboxylic acids is 1. The van der Waals surface area contributed by atoms with Crippen LogP contribution in [0.4, 0.5) is 5.13 Å². The molecule has 0 atom stereocenters. The highest BCUT2D eigenvalue weighted by Gasteiger charge is 2.12. The molecular weight excluding hydrogens is 248 g/mol. The highest BCUT2D eigenvalue weighted by molar-refractivity contribution is 7.13. The molecule has 2 rings (SSSR count). The fraction of sp³-hybridized carbons (Fsp3) is 0.200. The number of carbonyl (C=O) groups is 1. The molecule has 1 N–H and O–H groups in total. The first-order chi connectivity index (χ1) is 7.69. The minimum Gasteiger partial charge on any atom is -0.455 e. The number of amides is 1. The number of hydrogen-bond donors (Lipinski definition) is 1. The number of halogens is 1. The normalized spacial score (nSPS) is 10.4. The van der Waals surface area contributed by atoms with Crippen LogP contribution in [0.25, 0.3) is 0 Å². The molecular formula is C10H9ClN2O2S. The molecule has 84 valence electrons. The standard InChI is InChI=1S/C10H9ClN2O2S/c1-6-5-16-10(12-6)13-9(14)8-3-2-7(4-11)15-8/h2-3,5H,4H2,1H3,(H,12,13,14). The number of thiazole rings is 1.